The van der Waals surface area contributed by atoms with Crippen molar-refractivity contribution in [1.82, 2.24) is 4.98 Å². The molecular weight excluding hydrogens is 240 g/mol. The number of methoxy groups -OCH3 is 1. The Hall–Kier alpha value is -2.36. The highest BCUT2D eigenvalue weighted by atomic mass is 16.5. The summed E-state index contributed by atoms with van der Waals surface area (Å²) in [4.78, 5) is 18.6. The van der Waals surface area contributed by atoms with Crippen molar-refractivity contribution in [2.24, 2.45) is 0 Å². The van der Waals surface area contributed by atoms with Gasteiger partial charge in [-0.1, -0.05) is 12.1 Å². The fraction of sp³-hybridized carbons (Fsp3) is 0.200. The SMILES string of the molecule is COc1ncccc1C(=O)c1ccccc1N(C)C. The molecule has 0 N–H and O–H groups in total. The van der Waals surface area contributed by atoms with Crippen molar-refractivity contribution >= 4 is 11.5 Å². The molecule has 1 heterocycles. The zero-order valence-electron chi connectivity index (χ0n) is 11.3. The van der Waals surface area contributed by atoms with Crippen LogP contribution >= 0.6 is 0 Å². The molecule has 0 fully saturated rings. The van der Waals surface area contributed by atoms with Crippen molar-refractivity contribution in [2.75, 3.05) is 26.1 Å². The van der Waals surface area contributed by atoms with Gasteiger partial charge in [0.1, 0.15) is 0 Å². The predicted molar refractivity (Wildman–Crippen MR) is 75.0 cm³/mol. The van der Waals surface area contributed by atoms with Crippen LogP contribution in [0.3, 0.4) is 0 Å². The maximum absolute atomic E-state index is 12.6. The van der Waals surface area contributed by atoms with Gasteiger partial charge in [-0.25, -0.2) is 4.98 Å². The minimum absolute atomic E-state index is 0.0887. The van der Waals surface area contributed by atoms with Crippen LogP contribution in [0.4, 0.5) is 5.69 Å². The van der Waals surface area contributed by atoms with Crippen LogP contribution in [0.15, 0.2) is 42.6 Å². The van der Waals surface area contributed by atoms with Gasteiger partial charge in [-0.15, -0.1) is 0 Å². The number of ether oxygens (including phenoxy) is 1. The van der Waals surface area contributed by atoms with Crippen LogP contribution in [0.2, 0.25) is 0 Å². The molecule has 0 saturated heterocycles. The first kappa shape index (κ1) is 13.1. The number of anilines is 1. The summed E-state index contributed by atoms with van der Waals surface area (Å²) >= 11 is 0. The van der Waals surface area contributed by atoms with Gasteiger partial charge in [0.2, 0.25) is 11.7 Å². The molecule has 0 spiro atoms. The van der Waals surface area contributed by atoms with Gasteiger partial charge in [0, 0.05) is 31.5 Å². The number of carbonyl (C=O) groups is 1. The number of carbonyl (C=O) groups excluding carboxylic acids is 1. The Kier molecular flexibility index (Phi) is 3.80. The van der Waals surface area contributed by atoms with Crippen LogP contribution in [0, 0.1) is 0 Å². The Labute approximate surface area is 112 Å². The Morgan fingerprint density at radius 2 is 1.79 bits per heavy atom. The predicted octanol–water partition coefficient (Wildman–Crippen LogP) is 2.39. The molecule has 98 valence electrons. The third kappa shape index (κ3) is 2.57. The molecule has 0 radical (unpaired) electrons. The highest BCUT2D eigenvalue weighted by molar-refractivity contribution is 6.13. The summed E-state index contributed by atoms with van der Waals surface area (Å²) in [6, 6.07) is 10.9. The van der Waals surface area contributed by atoms with Crippen LogP contribution in [0.1, 0.15) is 15.9 Å². The van der Waals surface area contributed by atoms with Gasteiger partial charge < -0.3 is 9.64 Å². The Morgan fingerprint density at radius 3 is 2.47 bits per heavy atom. The van der Waals surface area contributed by atoms with E-state index < -0.39 is 0 Å². The van der Waals surface area contributed by atoms with Gasteiger partial charge in [-0.2, -0.15) is 0 Å². The zero-order chi connectivity index (χ0) is 13.8. The standard InChI is InChI=1S/C15H16N2O2/c1-17(2)13-9-5-4-7-11(13)14(18)12-8-6-10-16-15(12)19-3/h4-10H,1-3H3. The highest BCUT2D eigenvalue weighted by Gasteiger charge is 2.18. The minimum atomic E-state index is -0.0887. The van der Waals surface area contributed by atoms with Gasteiger partial charge in [-0.3, -0.25) is 4.79 Å². The molecule has 0 amide bonds. The largest absolute Gasteiger partial charge is 0.480 e. The maximum Gasteiger partial charge on any atom is 0.224 e. The van der Waals surface area contributed by atoms with E-state index in [2.05, 4.69) is 4.98 Å². The molecule has 0 aliphatic rings. The van der Waals surface area contributed by atoms with E-state index in [0.717, 1.165) is 5.69 Å². The van der Waals surface area contributed by atoms with Crippen molar-refractivity contribution in [1.29, 1.82) is 0 Å². The lowest BCUT2D eigenvalue weighted by Gasteiger charge is -2.17. The summed E-state index contributed by atoms with van der Waals surface area (Å²) in [5, 5.41) is 0. The summed E-state index contributed by atoms with van der Waals surface area (Å²) < 4.78 is 5.14. The van der Waals surface area contributed by atoms with E-state index in [4.69, 9.17) is 4.74 Å². The van der Waals surface area contributed by atoms with Gasteiger partial charge in [0.15, 0.2) is 0 Å². The lowest BCUT2D eigenvalue weighted by atomic mass is 10.0. The fourth-order valence-corrected chi connectivity index (χ4v) is 1.93. The van der Waals surface area contributed by atoms with E-state index in [1.165, 1.54) is 7.11 Å². The van der Waals surface area contributed by atoms with Crippen molar-refractivity contribution in [3.05, 3.63) is 53.7 Å². The second kappa shape index (κ2) is 5.52. The van der Waals surface area contributed by atoms with E-state index in [-0.39, 0.29) is 5.78 Å². The smallest absolute Gasteiger partial charge is 0.224 e. The van der Waals surface area contributed by atoms with E-state index in [1.807, 2.05) is 43.3 Å². The third-order valence-electron chi connectivity index (χ3n) is 2.84. The maximum atomic E-state index is 12.6. The van der Waals surface area contributed by atoms with Crippen LogP contribution in [0.25, 0.3) is 0 Å². The monoisotopic (exact) mass is 256 g/mol. The van der Waals surface area contributed by atoms with E-state index >= 15 is 0 Å². The van der Waals surface area contributed by atoms with Crippen LogP contribution in [-0.4, -0.2) is 32.0 Å². The van der Waals surface area contributed by atoms with Crippen LogP contribution in [0.5, 0.6) is 5.88 Å². The Morgan fingerprint density at radius 1 is 1.11 bits per heavy atom. The second-order valence-corrected chi connectivity index (χ2v) is 4.30. The molecule has 1 aromatic carbocycles. The first-order valence-corrected chi connectivity index (χ1v) is 5.95. The van der Waals surface area contributed by atoms with E-state index in [0.29, 0.717) is 17.0 Å². The van der Waals surface area contributed by atoms with Gasteiger partial charge in [0.05, 0.1) is 12.7 Å². The fourth-order valence-electron chi connectivity index (χ4n) is 1.93. The summed E-state index contributed by atoms with van der Waals surface area (Å²) in [6.45, 7) is 0. The van der Waals surface area contributed by atoms with Crippen molar-refractivity contribution in [3.63, 3.8) is 0 Å². The Bertz CT molecular complexity index is 594. The number of hydrogen-bond acceptors (Lipinski definition) is 4. The molecule has 19 heavy (non-hydrogen) atoms. The molecule has 0 unspecified atom stereocenters. The van der Waals surface area contributed by atoms with Gasteiger partial charge >= 0.3 is 0 Å². The zero-order valence-corrected chi connectivity index (χ0v) is 11.3. The highest BCUT2D eigenvalue weighted by Crippen LogP contribution is 2.24. The van der Waals surface area contributed by atoms with E-state index in [9.17, 15) is 4.79 Å². The molecule has 4 nitrogen and oxygen atoms in total. The number of pyridine rings is 1. The summed E-state index contributed by atoms with van der Waals surface area (Å²) in [5.74, 6) is 0.260. The molecule has 2 aromatic rings. The number of nitrogens with zero attached hydrogens (tertiary/aromatic N) is 2. The molecule has 0 bridgehead atoms. The number of rotatable bonds is 4. The second-order valence-electron chi connectivity index (χ2n) is 4.30. The minimum Gasteiger partial charge on any atom is -0.480 e. The van der Waals surface area contributed by atoms with Crippen LogP contribution < -0.4 is 9.64 Å². The quantitative estimate of drug-likeness (QED) is 0.788. The van der Waals surface area contributed by atoms with Gasteiger partial charge in [-0.05, 0) is 24.3 Å². The van der Waals surface area contributed by atoms with Crippen molar-refractivity contribution in [2.45, 2.75) is 0 Å². The molecule has 0 aliphatic carbocycles. The number of ketones is 1. The summed E-state index contributed by atoms with van der Waals surface area (Å²) in [6.07, 6.45) is 1.60. The molecule has 4 heteroatoms. The van der Waals surface area contributed by atoms with Crippen molar-refractivity contribution < 1.29 is 9.53 Å². The molecular formula is C15H16N2O2. The lowest BCUT2D eigenvalue weighted by molar-refractivity contribution is 0.103. The van der Waals surface area contributed by atoms with E-state index in [1.54, 1.807) is 18.3 Å². The topological polar surface area (TPSA) is 42.4 Å². The number of para-hydroxylation sites is 1. The normalized spacial score (nSPS) is 10.1. The summed E-state index contributed by atoms with van der Waals surface area (Å²) in [7, 11) is 5.33. The number of hydrogen-bond donors (Lipinski definition) is 0. The first-order valence-electron chi connectivity index (χ1n) is 5.95. The molecule has 0 atom stereocenters. The molecule has 0 saturated carbocycles. The summed E-state index contributed by atoms with van der Waals surface area (Å²) in [5.41, 5.74) is 1.98. The Balaban J connectivity index is 2.50. The van der Waals surface area contributed by atoms with Gasteiger partial charge in [0.25, 0.3) is 0 Å². The first-order chi connectivity index (χ1) is 9.15. The number of benzene rings is 1. The van der Waals surface area contributed by atoms with Crippen LogP contribution in [-0.2, 0) is 0 Å². The average molecular weight is 256 g/mol. The third-order valence-corrected chi connectivity index (χ3v) is 2.84. The van der Waals surface area contributed by atoms with Crippen molar-refractivity contribution in [3.8, 4) is 5.88 Å². The average Bonchev–Trinajstić information content (AvgIpc) is 2.46. The number of aromatic nitrogens is 1. The molecule has 2 rings (SSSR count). The molecule has 1 aromatic heterocycles. The molecule has 0 aliphatic heterocycles. The lowest BCUT2D eigenvalue weighted by Crippen LogP contribution is -2.15.